The first kappa shape index (κ1) is 21.6. The van der Waals surface area contributed by atoms with Crippen molar-refractivity contribution >= 4 is 28.8 Å². The van der Waals surface area contributed by atoms with E-state index in [1.807, 2.05) is 18.2 Å². The highest BCUT2D eigenvalue weighted by Crippen LogP contribution is 2.51. The zero-order chi connectivity index (χ0) is 23.5. The molecule has 5 rings (SSSR count). The van der Waals surface area contributed by atoms with E-state index in [4.69, 9.17) is 22.3 Å². The average Bonchev–Trinajstić information content (AvgIpc) is 2.84. The summed E-state index contributed by atoms with van der Waals surface area (Å²) >= 11 is 6.01. The van der Waals surface area contributed by atoms with Crippen LogP contribution in [0.1, 0.15) is 41.5 Å². The molecule has 0 aliphatic heterocycles. The first-order valence-corrected chi connectivity index (χ1v) is 11.1. The predicted molar refractivity (Wildman–Crippen MR) is 129 cm³/mol. The van der Waals surface area contributed by atoms with Gasteiger partial charge in [0.2, 0.25) is 0 Å². The fraction of sp³-hybridized carbons (Fsp3) is 0.160. The second kappa shape index (κ2) is 9.33. The molecule has 1 aliphatic rings. The highest BCUT2D eigenvalue weighted by molar-refractivity contribution is 6.30. The van der Waals surface area contributed by atoms with Crippen LogP contribution in [0.25, 0.3) is 11.5 Å². The van der Waals surface area contributed by atoms with E-state index in [1.54, 1.807) is 36.8 Å². The Balaban J connectivity index is 1.61. The Hall–Kier alpha value is -4.22. The fourth-order valence-corrected chi connectivity index (χ4v) is 4.27. The molecular weight excluding hydrogens is 448 g/mol. The molecule has 2 heterocycles. The smallest absolute Gasteiger partial charge is 0.182 e. The quantitative estimate of drug-likeness (QED) is 0.353. The van der Waals surface area contributed by atoms with Crippen LogP contribution in [0.4, 0.5) is 17.2 Å². The Labute approximate surface area is 201 Å². The van der Waals surface area contributed by atoms with Crippen LogP contribution >= 0.6 is 11.6 Å². The minimum atomic E-state index is 0.0951. The van der Waals surface area contributed by atoms with Crippen molar-refractivity contribution in [3.63, 3.8) is 0 Å². The third-order valence-electron chi connectivity index (χ3n) is 5.92. The van der Waals surface area contributed by atoms with Crippen molar-refractivity contribution in [1.29, 1.82) is 5.26 Å². The van der Waals surface area contributed by atoms with Gasteiger partial charge in [-0.2, -0.15) is 5.26 Å². The van der Waals surface area contributed by atoms with Crippen molar-refractivity contribution in [3.8, 4) is 17.6 Å². The lowest BCUT2D eigenvalue weighted by Crippen LogP contribution is -2.23. The molecule has 166 valence electrons. The normalized spacial score (nSPS) is 17.3. The molecule has 0 bridgehead atoms. The number of nitrogens with zero attached hydrogens (tertiary/aromatic N) is 7. The number of nitrogens with two attached hydrogens (primary N) is 1. The van der Waals surface area contributed by atoms with Gasteiger partial charge in [-0.05, 0) is 42.5 Å². The standard InChI is InChI=1S/C25H19ClN8/c26-17-6-9-20(16(12-17)13-27)33-34-23-22(19-8-7-18(19)15-4-2-1-3-5-15)31-25(32-24(23)28)21-14-29-10-11-30-21/h1-6,9-12,14,18-19H,7-8H2,(H2,28,31,32)/b34-33+. The van der Waals surface area contributed by atoms with E-state index in [2.05, 4.69) is 43.4 Å². The fourth-order valence-electron chi connectivity index (χ4n) is 4.10. The topological polar surface area (TPSA) is 126 Å². The molecule has 0 saturated heterocycles. The maximum atomic E-state index is 9.44. The summed E-state index contributed by atoms with van der Waals surface area (Å²) in [5.74, 6) is 0.963. The van der Waals surface area contributed by atoms with Crippen molar-refractivity contribution in [2.24, 2.45) is 10.2 Å². The second-order valence-electron chi connectivity index (χ2n) is 7.93. The molecule has 8 nitrogen and oxygen atoms in total. The molecule has 1 fully saturated rings. The molecule has 1 aliphatic carbocycles. The number of halogens is 1. The maximum absolute atomic E-state index is 9.44. The third-order valence-corrected chi connectivity index (χ3v) is 6.16. The van der Waals surface area contributed by atoms with E-state index >= 15 is 0 Å². The Morgan fingerprint density at radius 1 is 1.00 bits per heavy atom. The van der Waals surface area contributed by atoms with Gasteiger partial charge in [0.1, 0.15) is 23.1 Å². The van der Waals surface area contributed by atoms with Gasteiger partial charge in [0.15, 0.2) is 11.6 Å². The maximum Gasteiger partial charge on any atom is 0.182 e. The summed E-state index contributed by atoms with van der Waals surface area (Å²) < 4.78 is 0. The summed E-state index contributed by atoms with van der Waals surface area (Å²) in [6, 6.07) is 17.3. The summed E-state index contributed by atoms with van der Waals surface area (Å²) in [7, 11) is 0. The largest absolute Gasteiger partial charge is 0.382 e. The Kier molecular flexibility index (Phi) is 5.93. The molecule has 2 aromatic heterocycles. The number of hydrogen-bond acceptors (Lipinski definition) is 8. The van der Waals surface area contributed by atoms with Crippen LogP contribution in [-0.4, -0.2) is 19.9 Å². The van der Waals surface area contributed by atoms with Crippen LogP contribution in [0.3, 0.4) is 0 Å². The van der Waals surface area contributed by atoms with Crippen LogP contribution < -0.4 is 5.73 Å². The average molecular weight is 467 g/mol. The molecule has 2 N–H and O–H groups in total. The van der Waals surface area contributed by atoms with Crippen LogP contribution in [-0.2, 0) is 0 Å². The number of nitrogen functional groups attached to an aromatic ring is 1. The van der Waals surface area contributed by atoms with Crippen molar-refractivity contribution in [1.82, 2.24) is 19.9 Å². The van der Waals surface area contributed by atoms with E-state index in [-0.39, 0.29) is 17.7 Å². The lowest BCUT2D eigenvalue weighted by molar-refractivity contribution is 0.340. The molecule has 0 radical (unpaired) electrons. The van der Waals surface area contributed by atoms with Gasteiger partial charge in [0, 0.05) is 23.3 Å². The lowest BCUT2D eigenvalue weighted by atomic mass is 9.68. The van der Waals surface area contributed by atoms with Gasteiger partial charge in [0.05, 0.1) is 17.5 Å². The molecule has 2 atom stereocenters. The molecule has 34 heavy (non-hydrogen) atoms. The molecular formula is C25H19ClN8. The summed E-state index contributed by atoms with van der Waals surface area (Å²) in [5, 5.41) is 18.6. The van der Waals surface area contributed by atoms with Gasteiger partial charge in [-0.25, -0.2) is 15.0 Å². The third kappa shape index (κ3) is 4.21. The zero-order valence-corrected chi connectivity index (χ0v) is 18.8. The minimum absolute atomic E-state index is 0.0951. The number of nitriles is 1. The molecule has 0 spiro atoms. The molecule has 1 saturated carbocycles. The van der Waals surface area contributed by atoms with Gasteiger partial charge >= 0.3 is 0 Å². The van der Waals surface area contributed by atoms with Crippen LogP contribution in [0.2, 0.25) is 5.02 Å². The predicted octanol–water partition coefficient (Wildman–Crippen LogP) is 6.12. The first-order valence-electron chi connectivity index (χ1n) is 10.7. The highest BCUT2D eigenvalue weighted by Gasteiger charge is 2.37. The minimum Gasteiger partial charge on any atom is -0.382 e. The summed E-state index contributed by atoms with van der Waals surface area (Å²) in [6.45, 7) is 0. The SMILES string of the molecule is N#Cc1cc(Cl)ccc1/N=N/c1c(N)nc(-c2cnccn2)nc1C1CCC1c1ccccc1. The molecule has 9 heteroatoms. The van der Waals surface area contributed by atoms with E-state index < -0.39 is 0 Å². The van der Waals surface area contributed by atoms with Crippen LogP contribution in [0.5, 0.6) is 0 Å². The molecule has 2 unspecified atom stereocenters. The highest BCUT2D eigenvalue weighted by atomic mass is 35.5. The Morgan fingerprint density at radius 3 is 2.53 bits per heavy atom. The molecule has 4 aromatic rings. The van der Waals surface area contributed by atoms with Crippen LogP contribution in [0, 0.1) is 11.3 Å². The number of hydrogen-bond donors (Lipinski definition) is 1. The molecule has 2 aromatic carbocycles. The number of anilines is 1. The van der Waals surface area contributed by atoms with Gasteiger partial charge in [-0.3, -0.25) is 4.98 Å². The number of aromatic nitrogens is 4. The van der Waals surface area contributed by atoms with Gasteiger partial charge in [-0.15, -0.1) is 10.2 Å². The van der Waals surface area contributed by atoms with E-state index in [0.717, 1.165) is 12.8 Å². The van der Waals surface area contributed by atoms with Crippen molar-refractivity contribution < 1.29 is 0 Å². The summed E-state index contributed by atoms with van der Waals surface area (Å²) in [5.41, 5.74) is 9.97. The van der Waals surface area contributed by atoms with E-state index in [9.17, 15) is 5.26 Å². The van der Waals surface area contributed by atoms with Gasteiger partial charge in [0.25, 0.3) is 0 Å². The first-order chi connectivity index (χ1) is 16.6. The van der Waals surface area contributed by atoms with Crippen molar-refractivity contribution in [2.75, 3.05) is 5.73 Å². The van der Waals surface area contributed by atoms with Gasteiger partial charge < -0.3 is 5.73 Å². The second-order valence-corrected chi connectivity index (χ2v) is 8.37. The van der Waals surface area contributed by atoms with Crippen molar-refractivity contribution in [3.05, 3.63) is 89.0 Å². The van der Waals surface area contributed by atoms with Crippen LogP contribution in [0.15, 0.2) is 77.3 Å². The van der Waals surface area contributed by atoms with E-state index in [0.29, 0.717) is 39.2 Å². The summed E-state index contributed by atoms with van der Waals surface area (Å²) in [6.07, 6.45) is 6.74. The number of rotatable bonds is 5. The molecule has 0 amide bonds. The Morgan fingerprint density at radius 2 is 1.82 bits per heavy atom. The number of azo groups is 1. The van der Waals surface area contributed by atoms with Crippen molar-refractivity contribution in [2.45, 2.75) is 24.7 Å². The summed E-state index contributed by atoms with van der Waals surface area (Å²) in [4.78, 5) is 17.7. The number of benzene rings is 2. The monoisotopic (exact) mass is 466 g/mol. The Bertz CT molecular complexity index is 1400. The van der Waals surface area contributed by atoms with Gasteiger partial charge in [-0.1, -0.05) is 41.9 Å². The van der Waals surface area contributed by atoms with E-state index in [1.165, 1.54) is 5.56 Å². The lowest BCUT2D eigenvalue weighted by Gasteiger charge is -2.37. The zero-order valence-electron chi connectivity index (χ0n) is 18.0.